The van der Waals surface area contributed by atoms with E-state index in [-0.39, 0.29) is 12.3 Å². The van der Waals surface area contributed by atoms with E-state index in [1.807, 2.05) is 45.0 Å². The van der Waals surface area contributed by atoms with Crippen LogP contribution in [-0.4, -0.2) is 41.0 Å². The number of amides is 1. The maximum Gasteiger partial charge on any atom is 0.306 e. The Morgan fingerprint density at radius 2 is 1.83 bits per heavy atom. The molecule has 0 bridgehead atoms. The van der Waals surface area contributed by atoms with Crippen molar-refractivity contribution in [1.29, 1.82) is 0 Å². The number of carbonyl (C=O) groups excluding carboxylic acids is 2. The number of hydrogen-bond acceptors (Lipinski definition) is 6. The fourth-order valence-corrected chi connectivity index (χ4v) is 2.73. The van der Waals surface area contributed by atoms with Crippen LogP contribution in [0.5, 0.6) is 11.5 Å². The molecule has 0 saturated carbocycles. The Morgan fingerprint density at radius 1 is 1.17 bits per heavy atom. The van der Waals surface area contributed by atoms with Gasteiger partial charge < -0.3 is 19.5 Å². The van der Waals surface area contributed by atoms with Gasteiger partial charge in [0.15, 0.2) is 17.6 Å². The third kappa shape index (κ3) is 6.23. The first kappa shape index (κ1) is 22.3. The monoisotopic (exact) mass is 403 g/mol. The average Bonchev–Trinajstić information content (AvgIpc) is 2.92. The number of anilines is 1. The van der Waals surface area contributed by atoms with Crippen molar-refractivity contribution in [2.24, 2.45) is 7.05 Å². The summed E-state index contributed by atoms with van der Waals surface area (Å²) >= 11 is 0. The van der Waals surface area contributed by atoms with Gasteiger partial charge in [-0.25, -0.2) is 0 Å². The number of benzene rings is 1. The molecular weight excluding hydrogens is 374 g/mol. The minimum atomic E-state index is -0.902. The molecule has 0 spiro atoms. The number of rotatable bonds is 10. The highest BCUT2D eigenvalue weighted by Gasteiger charge is 2.20. The van der Waals surface area contributed by atoms with Gasteiger partial charge in [-0.2, -0.15) is 5.10 Å². The van der Waals surface area contributed by atoms with Crippen molar-refractivity contribution in [1.82, 2.24) is 9.78 Å². The molecule has 8 nitrogen and oxygen atoms in total. The van der Waals surface area contributed by atoms with Gasteiger partial charge in [0.1, 0.15) is 0 Å². The number of carbonyl (C=O) groups is 2. The molecule has 1 aromatic carbocycles. The molecule has 0 aliphatic heterocycles. The lowest BCUT2D eigenvalue weighted by atomic mass is 10.2. The summed E-state index contributed by atoms with van der Waals surface area (Å²) in [6, 6.07) is 7.38. The van der Waals surface area contributed by atoms with Crippen LogP contribution in [0.25, 0.3) is 0 Å². The fourth-order valence-electron chi connectivity index (χ4n) is 2.73. The number of nitrogens with zero attached hydrogens (tertiary/aromatic N) is 2. The number of aryl methyl sites for hydroxylation is 2. The van der Waals surface area contributed by atoms with Gasteiger partial charge in [0.05, 0.1) is 30.3 Å². The number of aromatic nitrogens is 2. The summed E-state index contributed by atoms with van der Waals surface area (Å²) in [6.07, 6.45) is -0.283. The summed E-state index contributed by atoms with van der Waals surface area (Å²) in [7, 11) is 1.80. The van der Waals surface area contributed by atoms with Crippen LogP contribution in [0.4, 0.5) is 5.69 Å². The zero-order valence-corrected chi connectivity index (χ0v) is 17.7. The quantitative estimate of drug-likeness (QED) is 0.484. The van der Waals surface area contributed by atoms with Gasteiger partial charge in [-0.05, 0) is 46.2 Å². The van der Waals surface area contributed by atoms with E-state index in [2.05, 4.69) is 10.4 Å². The lowest BCUT2D eigenvalue weighted by Crippen LogP contribution is -2.30. The van der Waals surface area contributed by atoms with Crippen LogP contribution in [0, 0.1) is 13.8 Å². The first-order valence-corrected chi connectivity index (χ1v) is 9.68. The van der Waals surface area contributed by atoms with Crippen molar-refractivity contribution in [3.8, 4) is 11.5 Å². The van der Waals surface area contributed by atoms with E-state index in [0.717, 1.165) is 5.69 Å². The second-order valence-corrected chi connectivity index (χ2v) is 6.62. The van der Waals surface area contributed by atoms with Gasteiger partial charge >= 0.3 is 5.97 Å². The second kappa shape index (κ2) is 10.5. The fraction of sp³-hybridized carbons (Fsp3) is 0.476. The predicted molar refractivity (Wildman–Crippen MR) is 109 cm³/mol. The molecular formula is C21H29N3O5. The summed E-state index contributed by atoms with van der Waals surface area (Å²) in [5.74, 6) is 0.468. The minimum Gasteiger partial charge on any atom is -0.490 e. The summed E-state index contributed by atoms with van der Waals surface area (Å²) in [5, 5.41) is 7.02. The Bertz CT molecular complexity index is 847. The molecule has 1 heterocycles. The average molecular weight is 403 g/mol. The number of ether oxygens (including phenoxy) is 3. The lowest BCUT2D eigenvalue weighted by molar-refractivity contribution is -0.153. The molecule has 2 rings (SSSR count). The van der Waals surface area contributed by atoms with E-state index in [1.54, 1.807) is 18.7 Å². The number of nitrogens with one attached hydrogen (secondary N) is 1. The van der Waals surface area contributed by atoms with E-state index < -0.39 is 12.1 Å². The lowest BCUT2D eigenvalue weighted by Gasteiger charge is -2.14. The first-order chi connectivity index (χ1) is 13.8. The summed E-state index contributed by atoms with van der Waals surface area (Å²) in [4.78, 5) is 24.3. The van der Waals surface area contributed by atoms with Crippen molar-refractivity contribution < 1.29 is 23.8 Å². The largest absolute Gasteiger partial charge is 0.490 e. The maximum atomic E-state index is 12.3. The van der Waals surface area contributed by atoms with Crippen molar-refractivity contribution in [2.75, 3.05) is 18.5 Å². The van der Waals surface area contributed by atoms with E-state index >= 15 is 0 Å². The van der Waals surface area contributed by atoms with Crippen LogP contribution < -0.4 is 14.8 Å². The molecule has 1 aromatic heterocycles. The predicted octanol–water partition coefficient (Wildman–Crippen LogP) is 3.17. The molecule has 1 atom stereocenters. The van der Waals surface area contributed by atoms with Crippen molar-refractivity contribution in [2.45, 2.75) is 46.6 Å². The highest BCUT2D eigenvalue weighted by Crippen LogP contribution is 2.26. The van der Waals surface area contributed by atoms with Crippen molar-refractivity contribution in [3.05, 3.63) is 35.7 Å². The van der Waals surface area contributed by atoms with Crippen LogP contribution in [0.2, 0.25) is 0 Å². The van der Waals surface area contributed by atoms with Gasteiger partial charge in [0.25, 0.3) is 5.91 Å². The van der Waals surface area contributed by atoms with Gasteiger partial charge in [-0.3, -0.25) is 14.3 Å². The third-order valence-electron chi connectivity index (χ3n) is 4.37. The van der Waals surface area contributed by atoms with E-state index in [9.17, 15) is 9.59 Å². The van der Waals surface area contributed by atoms with E-state index in [4.69, 9.17) is 14.2 Å². The molecule has 0 saturated heterocycles. The third-order valence-corrected chi connectivity index (χ3v) is 4.37. The smallest absolute Gasteiger partial charge is 0.306 e. The van der Waals surface area contributed by atoms with Crippen LogP contribution in [0.3, 0.4) is 0 Å². The molecule has 1 N–H and O–H groups in total. The molecule has 158 valence electrons. The van der Waals surface area contributed by atoms with Crippen LogP contribution >= 0.6 is 0 Å². The standard InChI is InChI=1S/C21H29N3O5/c1-6-27-17-10-7-8-11-18(17)28-13-9-12-19(25)29-16(4)21(26)22-20-14(2)23-24(5)15(20)3/h7-8,10-11,16H,6,9,12-13H2,1-5H3,(H,22,26)/t16-/m0/s1. The van der Waals surface area contributed by atoms with E-state index in [1.165, 1.54) is 0 Å². The van der Waals surface area contributed by atoms with Crippen molar-refractivity contribution >= 4 is 17.6 Å². The Hall–Kier alpha value is -3.03. The number of para-hydroxylation sites is 2. The number of esters is 1. The molecule has 0 unspecified atom stereocenters. The number of hydrogen-bond donors (Lipinski definition) is 1. The zero-order valence-electron chi connectivity index (χ0n) is 17.7. The Balaban J connectivity index is 1.75. The van der Waals surface area contributed by atoms with E-state index in [0.29, 0.717) is 42.5 Å². The van der Waals surface area contributed by atoms with Crippen LogP contribution in [-0.2, 0) is 21.4 Å². The highest BCUT2D eigenvalue weighted by molar-refractivity contribution is 5.96. The van der Waals surface area contributed by atoms with Gasteiger partial charge in [0, 0.05) is 13.5 Å². The summed E-state index contributed by atoms with van der Waals surface area (Å²) in [5.41, 5.74) is 2.18. The van der Waals surface area contributed by atoms with Crippen molar-refractivity contribution in [3.63, 3.8) is 0 Å². The first-order valence-electron chi connectivity index (χ1n) is 9.68. The molecule has 1 amide bonds. The molecule has 2 aromatic rings. The van der Waals surface area contributed by atoms with Crippen LogP contribution in [0.15, 0.2) is 24.3 Å². The molecule has 0 aliphatic rings. The molecule has 0 aliphatic carbocycles. The minimum absolute atomic E-state index is 0.152. The molecule has 0 radical (unpaired) electrons. The topological polar surface area (TPSA) is 91.7 Å². The second-order valence-electron chi connectivity index (χ2n) is 6.62. The molecule has 0 fully saturated rings. The Labute approximate surface area is 171 Å². The Morgan fingerprint density at radius 3 is 2.41 bits per heavy atom. The molecule has 29 heavy (non-hydrogen) atoms. The van der Waals surface area contributed by atoms with Gasteiger partial charge in [-0.1, -0.05) is 12.1 Å². The zero-order chi connectivity index (χ0) is 21.4. The SMILES string of the molecule is CCOc1ccccc1OCCCC(=O)O[C@@H](C)C(=O)Nc1c(C)nn(C)c1C. The van der Waals surface area contributed by atoms with Gasteiger partial charge in [0.2, 0.25) is 0 Å². The summed E-state index contributed by atoms with van der Waals surface area (Å²) < 4.78 is 18.1. The maximum absolute atomic E-state index is 12.3. The van der Waals surface area contributed by atoms with Crippen LogP contribution in [0.1, 0.15) is 38.1 Å². The Kier molecular flexibility index (Phi) is 8.06. The highest BCUT2D eigenvalue weighted by atomic mass is 16.5. The normalized spacial score (nSPS) is 11.6. The van der Waals surface area contributed by atoms with Gasteiger partial charge in [-0.15, -0.1) is 0 Å². The molecule has 8 heteroatoms. The summed E-state index contributed by atoms with van der Waals surface area (Å²) in [6.45, 7) is 8.00.